The molecule has 0 aliphatic carbocycles. The first-order valence-electron chi connectivity index (χ1n) is 8.97. The molecule has 2 rings (SSSR count). The molecule has 0 aliphatic rings. The minimum atomic E-state index is -4.06. The van der Waals surface area contributed by atoms with Crippen molar-refractivity contribution in [1.29, 1.82) is 0 Å². The number of rotatable bonds is 9. The van der Waals surface area contributed by atoms with Gasteiger partial charge in [-0.25, -0.2) is 13.2 Å². The van der Waals surface area contributed by atoms with Gasteiger partial charge in [-0.15, -0.1) is 0 Å². The molecule has 0 saturated heterocycles. The summed E-state index contributed by atoms with van der Waals surface area (Å²) in [6.07, 6.45) is 0. The van der Waals surface area contributed by atoms with E-state index in [1.165, 1.54) is 18.2 Å². The number of H-pyrrole nitrogens is 1. The number of nitrogens with one attached hydrogen (secondary N) is 2. The van der Waals surface area contributed by atoms with E-state index in [1.807, 2.05) is 0 Å². The van der Waals surface area contributed by atoms with Crippen molar-refractivity contribution in [2.75, 3.05) is 19.8 Å². The van der Waals surface area contributed by atoms with Crippen molar-refractivity contribution in [3.8, 4) is 0 Å². The number of aromatic amines is 1. The molecule has 0 aliphatic heterocycles. The van der Waals surface area contributed by atoms with Crippen molar-refractivity contribution >= 4 is 55.3 Å². The van der Waals surface area contributed by atoms with Gasteiger partial charge < -0.3 is 14.5 Å². The fourth-order valence-corrected chi connectivity index (χ4v) is 4.74. The highest BCUT2D eigenvalue weighted by Gasteiger charge is 2.24. The first-order valence-corrected chi connectivity index (χ1v) is 11.6. The summed E-state index contributed by atoms with van der Waals surface area (Å²) in [7, 11) is -4.06. The van der Waals surface area contributed by atoms with Crippen LogP contribution < -0.4 is 4.72 Å². The molecule has 1 aromatic heterocycles. The second-order valence-corrected chi connectivity index (χ2v) is 9.39. The minimum Gasteiger partial charge on any atom is -0.462 e. The van der Waals surface area contributed by atoms with Crippen LogP contribution >= 0.6 is 27.5 Å². The predicted octanol–water partition coefficient (Wildman–Crippen LogP) is 2.93. The van der Waals surface area contributed by atoms with E-state index in [9.17, 15) is 22.8 Å². The number of sulfonamides is 1. The van der Waals surface area contributed by atoms with Crippen LogP contribution in [0.1, 0.15) is 39.0 Å². The lowest BCUT2D eigenvalue weighted by Gasteiger charge is -2.09. The molecular weight excluding hydrogens is 516 g/mol. The Labute approximate surface area is 192 Å². The lowest BCUT2D eigenvalue weighted by molar-refractivity contribution is -0.141. The zero-order chi connectivity index (χ0) is 23.3. The van der Waals surface area contributed by atoms with Crippen LogP contribution in [-0.4, -0.2) is 50.9 Å². The van der Waals surface area contributed by atoms with Gasteiger partial charge in [0, 0.05) is 10.2 Å². The summed E-state index contributed by atoms with van der Waals surface area (Å²) in [4.78, 5) is 38.9. The number of halogens is 2. The SMILES string of the molecule is CCOC(=O)c1c(C)[nH]c(C(=O)COC(=O)CNS(=O)(=O)c2ccc(Br)cc2Cl)c1C. The van der Waals surface area contributed by atoms with Crippen LogP contribution in [0.5, 0.6) is 0 Å². The van der Waals surface area contributed by atoms with E-state index < -0.39 is 40.9 Å². The first-order chi connectivity index (χ1) is 14.5. The van der Waals surface area contributed by atoms with E-state index in [2.05, 4.69) is 25.6 Å². The van der Waals surface area contributed by atoms with Crippen LogP contribution in [0.3, 0.4) is 0 Å². The number of aromatic nitrogens is 1. The molecule has 0 radical (unpaired) electrons. The number of carbonyl (C=O) groups excluding carboxylic acids is 3. The molecule has 0 bridgehead atoms. The number of hydrogen-bond donors (Lipinski definition) is 2. The molecule has 0 spiro atoms. The van der Waals surface area contributed by atoms with Crippen molar-refractivity contribution in [3.63, 3.8) is 0 Å². The summed E-state index contributed by atoms with van der Waals surface area (Å²) in [5.74, 6) is -2.11. The molecule has 168 valence electrons. The predicted molar refractivity (Wildman–Crippen MR) is 116 cm³/mol. The molecule has 9 nitrogen and oxygen atoms in total. The van der Waals surface area contributed by atoms with E-state index in [0.29, 0.717) is 15.7 Å². The number of esters is 2. The van der Waals surface area contributed by atoms with Crippen molar-refractivity contribution in [3.05, 3.63) is 50.2 Å². The number of ketones is 1. The number of benzene rings is 1. The molecule has 31 heavy (non-hydrogen) atoms. The Morgan fingerprint density at radius 2 is 1.87 bits per heavy atom. The van der Waals surface area contributed by atoms with Gasteiger partial charge >= 0.3 is 11.9 Å². The summed E-state index contributed by atoms with van der Waals surface area (Å²) in [5.41, 5.74) is 1.18. The topological polar surface area (TPSA) is 132 Å². The summed E-state index contributed by atoms with van der Waals surface area (Å²) >= 11 is 9.10. The van der Waals surface area contributed by atoms with Gasteiger partial charge in [-0.05, 0) is 44.5 Å². The zero-order valence-electron chi connectivity index (χ0n) is 16.9. The van der Waals surface area contributed by atoms with E-state index in [-0.39, 0.29) is 27.8 Å². The average Bonchev–Trinajstić information content (AvgIpc) is 2.98. The fourth-order valence-electron chi connectivity index (χ4n) is 2.73. The van der Waals surface area contributed by atoms with Crippen LogP contribution in [0.2, 0.25) is 5.02 Å². The normalized spacial score (nSPS) is 11.3. The molecule has 12 heteroatoms. The fraction of sp³-hybridized carbons (Fsp3) is 0.316. The Hall–Kier alpha value is -2.21. The average molecular weight is 536 g/mol. The van der Waals surface area contributed by atoms with Crippen molar-refractivity contribution in [1.82, 2.24) is 9.71 Å². The van der Waals surface area contributed by atoms with E-state index >= 15 is 0 Å². The lowest BCUT2D eigenvalue weighted by atomic mass is 10.1. The Balaban J connectivity index is 1.98. The van der Waals surface area contributed by atoms with E-state index in [0.717, 1.165) is 0 Å². The highest BCUT2D eigenvalue weighted by atomic mass is 79.9. The maximum atomic E-state index is 12.4. The van der Waals surface area contributed by atoms with Gasteiger partial charge in [0.05, 0.1) is 22.9 Å². The smallest absolute Gasteiger partial charge is 0.340 e. The summed E-state index contributed by atoms with van der Waals surface area (Å²) in [6, 6.07) is 4.17. The van der Waals surface area contributed by atoms with Gasteiger partial charge in [0.15, 0.2) is 6.61 Å². The van der Waals surface area contributed by atoms with Crippen LogP contribution in [0.4, 0.5) is 0 Å². The Kier molecular flexibility index (Phi) is 8.41. The number of ether oxygens (including phenoxy) is 2. The van der Waals surface area contributed by atoms with Gasteiger partial charge in [0.1, 0.15) is 11.4 Å². The molecule has 0 unspecified atom stereocenters. The second-order valence-electron chi connectivity index (χ2n) is 6.33. The summed E-state index contributed by atoms with van der Waals surface area (Å²) in [6.45, 7) is 3.71. The molecule has 2 N–H and O–H groups in total. The monoisotopic (exact) mass is 534 g/mol. The van der Waals surface area contributed by atoms with Crippen LogP contribution in [-0.2, 0) is 24.3 Å². The zero-order valence-corrected chi connectivity index (χ0v) is 20.0. The minimum absolute atomic E-state index is 0.0274. The van der Waals surface area contributed by atoms with Gasteiger partial charge in [0.25, 0.3) is 0 Å². The highest BCUT2D eigenvalue weighted by Crippen LogP contribution is 2.25. The van der Waals surface area contributed by atoms with Crippen molar-refractivity contribution in [2.24, 2.45) is 0 Å². The third-order valence-corrected chi connectivity index (χ3v) is 6.53. The number of hydrogen-bond acceptors (Lipinski definition) is 7. The Bertz CT molecular complexity index is 1130. The summed E-state index contributed by atoms with van der Waals surface area (Å²) in [5, 5.41) is -0.0274. The van der Waals surface area contributed by atoms with Crippen LogP contribution in [0, 0.1) is 13.8 Å². The van der Waals surface area contributed by atoms with Crippen LogP contribution in [0.15, 0.2) is 27.6 Å². The van der Waals surface area contributed by atoms with Crippen molar-refractivity contribution < 1.29 is 32.3 Å². The van der Waals surface area contributed by atoms with E-state index in [1.54, 1.807) is 20.8 Å². The van der Waals surface area contributed by atoms with Crippen LogP contribution in [0.25, 0.3) is 0 Å². The quantitative estimate of drug-likeness (QED) is 0.373. The molecule has 1 heterocycles. The molecule has 0 atom stereocenters. The van der Waals surface area contributed by atoms with Gasteiger partial charge in [-0.2, -0.15) is 4.72 Å². The maximum absolute atomic E-state index is 12.4. The van der Waals surface area contributed by atoms with Gasteiger partial charge in [-0.1, -0.05) is 27.5 Å². The number of carbonyl (C=O) groups is 3. The first kappa shape index (κ1) is 25.1. The van der Waals surface area contributed by atoms with Crippen molar-refractivity contribution in [2.45, 2.75) is 25.7 Å². The molecule has 0 fully saturated rings. The Morgan fingerprint density at radius 3 is 2.48 bits per heavy atom. The molecular formula is C19H20BrClN2O7S. The second kappa shape index (κ2) is 10.4. The highest BCUT2D eigenvalue weighted by molar-refractivity contribution is 9.10. The third-order valence-electron chi connectivity index (χ3n) is 4.15. The van der Waals surface area contributed by atoms with Gasteiger partial charge in [0.2, 0.25) is 15.8 Å². The molecule has 1 aromatic carbocycles. The Morgan fingerprint density at radius 1 is 1.19 bits per heavy atom. The number of Topliss-reactive ketones (excluding diaryl/α,β-unsaturated/α-hetero) is 1. The summed E-state index contributed by atoms with van der Waals surface area (Å²) < 4.78 is 37.1. The van der Waals surface area contributed by atoms with E-state index in [4.69, 9.17) is 21.1 Å². The number of aryl methyl sites for hydroxylation is 1. The maximum Gasteiger partial charge on any atom is 0.340 e. The molecule has 0 saturated carbocycles. The standard InChI is InChI=1S/C19H20BrClN2O7S/c1-4-29-19(26)17-10(2)18(23-11(17)3)14(24)9-30-16(25)8-22-31(27,28)15-6-5-12(20)7-13(15)21/h5-7,22-23H,4,8-9H2,1-3H3. The third kappa shape index (κ3) is 6.16. The van der Waals surface area contributed by atoms with Gasteiger partial charge in [-0.3, -0.25) is 9.59 Å². The lowest BCUT2D eigenvalue weighted by Crippen LogP contribution is -2.31. The molecule has 2 aromatic rings. The molecule has 0 amide bonds. The largest absolute Gasteiger partial charge is 0.462 e.